The number of carbonyl (C=O) groups excluding carboxylic acids is 1. The molecule has 0 aliphatic heterocycles. The molecule has 0 heterocycles. The van der Waals surface area contributed by atoms with Gasteiger partial charge in [-0.3, -0.25) is 4.79 Å². The number of rotatable bonds is 2. The van der Waals surface area contributed by atoms with Gasteiger partial charge in [0.2, 0.25) is 0 Å². The van der Waals surface area contributed by atoms with Crippen LogP contribution in [0.1, 0.15) is 22.8 Å². The van der Waals surface area contributed by atoms with Crippen LogP contribution < -0.4 is 0 Å². The molecule has 0 fully saturated rings. The molecule has 0 aliphatic carbocycles. The molecule has 3 heteroatoms. The van der Waals surface area contributed by atoms with Gasteiger partial charge in [-0.05, 0) is 19.1 Å². The van der Waals surface area contributed by atoms with Gasteiger partial charge in [-0.25, -0.2) is 0 Å². The summed E-state index contributed by atoms with van der Waals surface area (Å²) in [6.45, 7) is 1.80. The molecule has 0 spiro atoms. The van der Waals surface area contributed by atoms with Crippen molar-refractivity contribution < 1.29 is 4.79 Å². The van der Waals surface area contributed by atoms with Gasteiger partial charge in [-0.15, -0.1) is 0 Å². The molecule has 2 nitrogen and oxygen atoms in total. The molecule has 0 aliphatic rings. The maximum atomic E-state index is 10.8. The van der Waals surface area contributed by atoms with Gasteiger partial charge in [0, 0.05) is 22.9 Å². The molecule has 16 heavy (non-hydrogen) atoms. The molecule has 1 rings (SSSR count). The van der Waals surface area contributed by atoms with Crippen LogP contribution in [0.25, 0.3) is 0 Å². The number of halogens is 1. The molecule has 1 N–H and O–H groups in total. The number of benzene rings is 1. The molecule has 80 valence electrons. The summed E-state index contributed by atoms with van der Waals surface area (Å²) in [5.41, 5.74) is 1.55. The molecule has 0 bridgehead atoms. The first-order chi connectivity index (χ1) is 7.72. The molecule has 1 aromatic rings. The van der Waals surface area contributed by atoms with E-state index in [1.54, 1.807) is 31.2 Å². The Balaban J connectivity index is 3.20. The Kier molecular flexibility index (Phi) is 4.50. The first-order valence-corrected chi connectivity index (χ1v) is 5.03. The smallest absolute Gasteiger partial charge is 0.152 e. The Morgan fingerprint density at radius 3 is 2.81 bits per heavy atom. The number of aldehydes is 1. The molecule has 1 aromatic carbocycles. The van der Waals surface area contributed by atoms with Crippen LogP contribution in [0.2, 0.25) is 5.02 Å². The largest absolute Gasteiger partial charge is 0.307 e. The molecule has 0 saturated carbocycles. The lowest BCUT2D eigenvalue weighted by atomic mass is 10.1. The summed E-state index contributed by atoms with van der Waals surface area (Å²) in [5, 5.41) is 7.46. The minimum Gasteiger partial charge on any atom is -0.307 e. The van der Waals surface area contributed by atoms with Crippen molar-refractivity contribution in [1.82, 2.24) is 0 Å². The van der Waals surface area contributed by atoms with E-state index < -0.39 is 0 Å². The average molecular weight is 232 g/mol. The van der Waals surface area contributed by atoms with Crippen LogP contribution in [0.15, 0.2) is 29.8 Å². The summed E-state index contributed by atoms with van der Waals surface area (Å²) in [5.74, 6) is 5.61. The van der Waals surface area contributed by atoms with E-state index in [4.69, 9.17) is 17.0 Å². The lowest BCUT2D eigenvalue weighted by Gasteiger charge is -1.98. The quantitative estimate of drug-likeness (QED) is 0.474. The highest BCUT2D eigenvalue weighted by molar-refractivity contribution is 6.33. The van der Waals surface area contributed by atoms with E-state index in [9.17, 15) is 4.79 Å². The summed E-state index contributed by atoms with van der Waals surface area (Å²) in [4.78, 5) is 10.8. The molecule has 0 aromatic heterocycles. The lowest BCUT2D eigenvalue weighted by molar-refractivity contribution is 0.112. The fraction of sp³-hybridized carbons (Fsp3) is 0.0769. The Bertz CT molecular complexity index is 506. The highest BCUT2D eigenvalue weighted by Crippen LogP contribution is 2.17. The highest BCUT2D eigenvalue weighted by Gasteiger charge is 2.02. The number of nitrogens with one attached hydrogen (secondary N) is 1. The van der Waals surface area contributed by atoms with E-state index in [1.807, 2.05) is 0 Å². The summed E-state index contributed by atoms with van der Waals surface area (Å²) >= 11 is 5.85. The topological polar surface area (TPSA) is 40.9 Å². The monoisotopic (exact) mass is 231 g/mol. The SMILES string of the molecule is C/C=C(/C#Cc1cccc(Cl)c1C=O)C=N. The number of carbonyl (C=O) groups is 1. The van der Waals surface area contributed by atoms with Crippen molar-refractivity contribution in [3.8, 4) is 11.8 Å². The Morgan fingerprint density at radius 2 is 2.25 bits per heavy atom. The van der Waals surface area contributed by atoms with Crippen LogP contribution >= 0.6 is 11.6 Å². The maximum Gasteiger partial charge on any atom is 0.152 e. The van der Waals surface area contributed by atoms with Gasteiger partial charge < -0.3 is 5.41 Å². The number of hydrogen-bond donors (Lipinski definition) is 1. The normalized spacial score (nSPS) is 10.2. The van der Waals surface area contributed by atoms with Crippen LogP contribution in [-0.4, -0.2) is 12.5 Å². The molecule has 0 unspecified atom stereocenters. The van der Waals surface area contributed by atoms with Gasteiger partial charge in [0.25, 0.3) is 0 Å². The van der Waals surface area contributed by atoms with Gasteiger partial charge in [0.15, 0.2) is 6.29 Å². The zero-order valence-corrected chi connectivity index (χ0v) is 9.51. The van der Waals surface area contributed by atoms with Crippen molar-refractivity contribution in [2.24, 2.45) is 0 Å². The number of hydrogen-bond acceptors (Lipinski definition) is 2. The molecule has 0 saturated heterocycles. The van der Waals surface area contributed by atoms with Crippen molar-refractivity contribution in [3.05, 3.63) is 46.0 Å². The van der Waals surface area contributed by atoms with E-state index in [0.29, 0.717) is 28.0 Å². The van der Waals surface area contributed by atoms with Crippen LogP contribution in [-0.2, 0) is 0 Å². The fourth-order valence-electron chi connectivity index (χ4n) is 1.10. The molecular formula is C13H10ClNO. The number of allylic oxidation sites excluding steroid dienone is 2. The summed E-state index contributed by atoms with van der Waals surface area (Å²) in [6, 6.07) is 5.10. The maximum absolute atomic E-state index is 10.8. The summed E-state index contributed by atoms with van der Waals surface area (Å²) in [7, 11) is 0. The Hall–Kier alpha value is -1.85. The van der Waals surface area contributed by atoms with E-state index in [1.165, 1.54) is 0 Å². The van der Waals surface area contributed by atoms with Crippen molar-refractivity contribution in [1.29, 1.82) is 5.41 Å². The van der Waals surface area contributed by atoms with E-state index in [0.717, 1.165) is 6.21 Å². The second-order valence-electron chi connectivity index (χ2n) is 2.96. The van der Waals surface area contributed by atoms with Gasteiger partial charge in [-0.1, -0.05) is 35.6 Å². The van der Waals surface area contributed by atoms with Gasteiger partial charge in [0.1, 0.15) is 0 Å². The van der Waals surface area contributed by atoms with Gasteiger partial charge >= 0.3 is 0 Å². The molecule has 0 amide bonds. The van der Waals surface area contributed by atoms with Crippen LogP contribution in [0.4, 0.5) is 0 Å². The summed E-state index contributed by atoms with van der Waals surface area (Å²) in [6.07, 6.45) is 3.58. The highest BCUT2D eigenvalue weighted by atomic mass is 35.5. The Labute approximate surface area is 99.4 Å². The predicted octanol–water partition coefficient (Wildman–Crippen LogP) is 3.10. The summed E-state index contributed by atoms with van der Waals surface area (Å²) < 4.78 is 0. The van der Waals surface area contributed by atoms with Crippen LogP contribution in [0.3, 0.4) is 0 Å². The second-order valence-corrected chi connectivity index (χ2v) is 3.36. The third-order valence-electron chi connectivity index (χ3n) is 1.98. The zero-order valence-electron chi connectivity index (χ0n) is 8.75. The third kappa shape index (κ3) is 2.82. The molecular weight excluding hydrogens is 222 g/mol. The van der Waals surface area contributed by atoms with Gasteiger partial charge in [0.05, 0.1) is 5.02 Å². The van der Waals surface area contributed by atoms with Gasteiger partial charge in [-0.2, -0.15) is 0 Å². The van der Waals surface area contributed by atoms with Crippen molar-refractivity contribution >= 4 is 24.1 Å². The average Bonchev–Trinajstić information content (AvgIpc) is 2.30. The van der Waals surface area contributed by atoms with E-state index in [-0.39, 0.29) is 0 Å². The predicted molar refractivity (Wildman–Crippen MR) is 66.3 cm³/mol. The minimum atomic E-state index is 0.386. The molecule has 0 radical (unpaired) electrons. The minimum absolute atomic E-state index is 0.386. The first kappa shape index (κ1) is 12.2. The van der Waals surface area contributed by atoms with Crippen LogP contribution in [0.5, 0.6) is 0 Å². The Morgan fingerprint density at radius 1 is 1.50 bits per heavy atom. The van der Waals surface area contributed by atoms with E-state index in [2.05, 4.69) is 11.8 Å². The van der Waals surface area contributed by atoms with Crippen LogP contribution in [0, 0.1) is 17.3 Å². The fourth-order valence-corrected chi connectivity index (χ4v) is 1.32. The van der Waals surface area contributed by atoms with Crippen molar-refractivity contribution in [2.75, 3.05) is 0 Å². The lowest BCUT2D eigenvalue weighted by Crippen LogP contribution is -1.88. The van der Waals surface area contributed by atoms with Crippen molar-refractivity contribution in [3.63, 3.8) is 0 Å². The standard InChI is InChI=1S/C13H10ClNO/c1-2-10(8-15)6-7-11-4-3-5-13(14)12(11)9-16/h2-5,8-9,15H,1H3/b10-2-,15-8?. The first-order valence-electron chi connectivity index (χ1n) is 4.65. The molecule has 0 atom stereocenters. The van der Waals surface area contributed by atoms with Crippen molar-refractivity contribution in [2.45, 2.75) is 6.92 Å². The van der Waals surface area contributed by atoms with E-state index >= 15 is 0 Å². The zero-order chi connectivity index (χ0) is 12.0. The second kappa shape index (κ2) is 5.89. The third-order valence-corrected chi connectivity index (χ3v) is 2.31.